The maximum atomic E-state index is 14.0. The minimum Gasteiger partial charge on any atom is -0.451 e. The molecule has 3 aromatic rings. The fraction of sp³-hybridized carbons (Fsp3) is 0.375. The number of piperidine rings is 1. The highest BCUT2D eigenvalue weighted by molar-refractivity contribution is 6.02. The van der Waals surface area contributed by atoms with Gasteiger partial charge in [0.05, 0.1) is 30.6 Å². The number of alkyl halides is 1. The van der Waals surface area contributed by atoms with Gasteiger partial charge >= 0.3 is 12.1 Å². The predicted octanol–water partition coefficient (Wildman–Crippen LogP) is 4.40. The van der Waals surface area contributed by atoms with Gasteiger partial charge in [0.25, 0.3) is 0 Å². The van der Waals surface area contributed by atoms with E-state index in [1.165, 1.54) is 18.9 Å². The average Bonchev–Trinajstić information content (AvgIpc) is 3.43. The topological polar surface area (TPSA) is 88.5 Å². The molecule has 2 aromatic carbocycles. The zero-order valence-electron chi connectivity index (χ0n) is 18.4. The number of aromatic nitrogens is 2. The van der Waals surface area contributed by atoms with Crippen molar-refractivity contribution in [3.05, 3.63) is 53.7 Å². The van der Waals surface area contributed by atoms with Gasteiger partial charge in [-0.25, -0.2) is 14.0 Å². The second-order valence-corrected chi connectivity index (χ2v) is 8.48. The van der Waals surface area contributed by atoms with Crippen LogP contribution in [0.3, 0.4) is 0 Å². The van der Waals surface area contributed by atoms with E-state index in [2.05, 4.69) is 26.7 Å². The van der Waals surface area contributed by atoms with Crippen molar-refractivity contribution >= 4 is 34.4 Å². The first kappa shape index (κ1) is 21.2. The maximum absolute atomic E-state index is 14.0. The number of nitrogens with one attached hydrogen (secondary N) is 2. The number of carbonyl (C=O) groups is 2. The van der Waals surface area contributed by atoms with Gasteiger partial charge < -0.3 is 20.3 Å². The predicted molar refractivity (Wildman–Crippen MR) is 124 cm³/mol. The summed E-state index contributed by atoms with van der Waals surface area (Å²) < 4.78 is 19.9. The minimum absolute atomic E-state index is 0.122. The Labute approximate surface area is 190 Å². The molecule has 9 heteroatoms. The number of nitrogens with zero attached hydrogens (tertiary/aromatic N) is 3. The van der Waals surface area contributed by atoms with Gasteiger partial charge in [0.15, 0.2) is 0 Å². The monoisotopic (exact) mass is 451 g/mol. The van der Waals surface area contributed by atoms with Gasteiger partial charge in [-0.05, 0) is 55.0 Å². The summed E-state index contributed by atoms with van der Waals surface area (Å²) >= 11 is 0. The van der Waals surface area contributed by atoms with Crippen molar-refractivity contribution in [2.24, 2.45) is 0 Å². The van der Waals surface area contributed by atoms with Crippen molar-refractivity contribution in [1.29, 1.82) is 0 Å². The Morgan fingerprint density at radius 1 is 1.18 bits per heavy atom. The van der Waals surface area contributed by atoms with E-state index in [9.17, 15) is 14.0 Å². The van der Waals surface area contributed by atoms with Gasteiger partial charge in [-0.2, -0.15) is 9.78 Å². The molecule has 0 saturated carbocycles. The molecule has 2 N–H and O–H groups in total. The van der Waals surface area contributed by atoms with E-state index in [1.54, 1.807) is 18.2 Å². The summed E-state index contributed by atoms with van der Waals surface area (Å²) in [6, 6.07) is 10.9. The largest absolute Gasteiger partial charge is 0.451 e. The van der Waals surface area contributed by atoms with E-state index in [-0.39, 0.29) is 12.1 Å². The summed E-state index contributed by atoms with van der Waals surface area (Å²) in [4.78, 5) is 26.9. The molecule has 1 aliphatic heterocycles. The quantitative estimate of drug-likeness (QED) is 0.616. The minimum atomic E-state index is -0.790. The highest BCUT2D eigenvalue weighted by atomic mass is 19.1. The molecule has 172 valence electrons. The zero-order chi connectivity index (χ0) is 22.9. The van der Waals surface area contributed by atoms with Crippen LogP contribution in [0.2, 0.25) is 0 Å². The summed E-state index contributed by atoms with van der Waals surface area (Å²) in [5.41, 5.74) is 4.45. The molecule has 1 aromatic heterocycles. The number of anilines is 2. The van der Waals surface area contributed by atoms with Crippen LogP contribution in [0.1, 0.15) is 36.4 Å². The Morgan fingerprint density at radius 3 is 2.85 bits per heavy atom. The van der Waals surface area contributed by atoms with Crippen LogP contribution in [0.4, 0.5) is 25.4 Å². The molecule has 1 saturated heterocycles. The molecule has 2 unspecified atom stereocenters. The molecule has 1 aliphatic carbocycles. The van der Waals surface area contributed by atoms with E-state index >= 15 is 0 Å². The summed E-state index contributed by atoms with van der Waals surface area (Å²) in [6.45, 7) is 1.29. The third-order valence-electron chi connectivity index (χ3n) is 6.47. The number of fused-ring (bicyclic) bond motifs is 2. The molecule has 2 atom stereocenters. The molecule has 8 nitrogen and oxygen atoms in total. The Kier molecular flexibility index (Phi) is 5.62. The molecule has 2 aliphatic rings. The van der Waals surface area contributed by atoms with Crippen molar-refractivity contribution in [2.45, 2.75) is 37.9 Å². The van der Waals surface area contributed by atoms with Crippen LogP contribution in [0.15, 0.2) is 42.6 Å². The number of urea groups is 1. The molecule has 5 rings (SSSR count). The molecule has 1 fully saturated rings. The van der Waals surface area contributed by atoms with Crippen LogP contribution in [-0.4, -0.2) is 48.3 Å². The number of benzene rings is 2. The first-order chi connectivity index (χ1) is 16.0. The fourth-order valence-corrected chi connectivity index (χ4v) is 4.93. The van der Waals surface area contributed by atoms with E-state index < -0.39 is 12.3 Å². The van der Waals surface area contributed by atoms with Gasteiger partial charge in [-0.1, -0.05) is 18.2 Å². The van der Waals surface area contributed by atoms with E-state index in [0.717, 1.165) is 41.7 Å². The molecular weight excluding hydrogens is 425 g/mol. The lowest BCUT2D eigenvalue weighted by Gasteiger charge is -2.32. The number of methoxy groups -OCH3 is 1. The van der Waals surface area contributed by atoms with Gasteiger partial charge in [-0.15, -0.1) is 0 Å². The Bertz CT molecular complexity index is 1210. The van der Waals surface area contributed by atoms with Gasteiger partial charge in [0.2, 0.25) is 0 Å². The molecule has 0 spiro atoms. The Morgan fingerprint density at radius 2 is 2.03 bits per heavy atom. The van der Waals surface area contributed by atoms with Crippen molar-refractivity contribution in [3.8, 4) is 0 Å². The van der Waals surface area contributed by atoms with E-state index in [1.807, 2.05) is 12.1 Å². The fourth-order valence-electron chi connectivity index (χ4n) is 4.93. The molecule has 2 amide bonds. The first-order valence-corrected chi connectivity index (χ1v) is 11.2. The second kappa shape index (κ2) is 8.73. The number of ether oxygens (including phenoxy) is 1. The van der Waals surface area contributed by atoms with Gasteiger partial charge in [0.1, 0.15) is 6.17 Å². The highest BCUT2D eigenvalue weighted by Gasteiger charge is 2.29. The smallest absolute Gasteiger partial charge is 0.434 e. The van der Waals surface area contributed by atoms with Crippen LogP contribution in [-0.2, 0) is 11.2 Å². The van der Waals surface area contributed by atoms with Crippen LogP contribution in [0.25, 0.3) is 10.9 Å². The number of rotatable bonds is 3. The number of hydrogen-bond donors (Lipinski definition) is 2. The second-order valence-electron chi connectivity index (χ2n) is 8.48. The molecule has 0 radical (unpaired) electrons. The lowest BCUT2D eigenvalue weighted by Crippen LogP contribution is -2.37. The van der Waals surface area contributed by atoms with Crippen LogP contribution in [0.5, 0.6) is 0 Å². The summed E-state index contributed by atoms with van der Waals surface area (Å²) in [5.74, 6) is 0. The summed E-state index contributed by atoms with van der Waals surface area (Å²) in [5, 5.41) is 10.7. The molecular formula is C24H26FN5O3. The first-order valence-electron chi connectivity index (χ1n) is 11.2. The van der Waals surface area contributed by atoms with Gasteiger partial charge in [-0.3, -0.25) is 0 Å². The van der Waals surface area contributed by atoms with Gasteiger partial charge in [0, 0.05) is 24.2 Å². The normalized spacial score (nSPS) is 19.9. The van der Waals surface area contributed by atoms with Crippen LogP contribution in [0, 0.1) is 0 Å². The lowest BCUT2D eigenvalue weighted by atomic mass is 10.0. The lowest BCUT2D eigenvalue weighted by molar-refractivity contribution is 0.170. The summed E-state index contributed by atoms with van der Waals surface area (Å²) in [7, 11) is 1.29. The SMILES string of the molecule is COC(=O)n1ncc2c(NC(=O)NC3CCc4c3cccc4N3CCCC(F)C3)cccc21. The van der Waals surface area contributed by atoms with E-state index in [0.29, 0.717) is 29.6 Å². The standard InChI is InChI=1S/C24H26FN5O3/c1-33-24(32)30-22-9-3-7-19(18(22)13-26-30)27-23(31)28-20-11-10-17-16(20)6-2-8-21(17)29-12-4-5-15(25)14-29/h2-3,6-9,13,15,20H,4-5,10-12,14H2,1H3,(H2,27,28,31). The molecule has 33 heavy (non-hydrogen) atoms. The highest BCUT2D eigenvalue weighted by Crippen LogP contribution is 2.38. The van der Waals surface area contributed by atoms with Crippen molar-refractivity contribution in [3.63, 3.8) is 0 Å². The Balaban J connectivity index is 1.32. The number of halogens is 1. The zero-order valence-corrected chi connectivity index (χ0v) is 18.4. The maximum Gasteiger partial charge on any atom is 0.434 e. The number of amides is 2. The van der Waals surface area contributed by atoms with Crippen LogP contribution >= 0.6 is 0 Å². The summed E-state index contributed by atoms with van der Waals surface area (Å²) in [6.07, 6.45) is 3.24. The molecule has 2 heterocycles. The van der Waals surface area contributed by atoms with E-state index in [4.69, 9.17) is 4.74 Å². The third-order valence-corrected chi connectivity index (χ3v) is 6.47. The molecule has 0 bridgehead atoms. The van der Waals surface area contributed by atoms with Crippen LogP contribution < -0.4 is 15.5 Å². The number of hydrogen-bond acceptors (Lipinski definition) is 5. The number of carbonyl (C=O) groups excluding carboxylic acids is 2. The Hall–Kier alpha value is -3.62. The third kappa shape index (κ3) is 3.99. The van der Waals surface area contributed by atoms with Crippen molar-refractivity contribution < 1.29 is 18.7 Å². The average molecular weight is 452 g/mol. The van der Waals surface area contributed by atoms with Crippen molar-refractivity contribution in [1.82, 2.24) is 15.1 Å². The van der Waals surface area contributed by atoms with Crippen molar-refractivity contribution in [2.75, 3.05) is 30.4 Å².